The normalized spacial score (nSPS) is 10.4. The SMILES string of the molecule is Cc1ccc(C)c(-c2cnc(C(N)=O)[nH]2)c1. The van der Waals surface area contributed by atoms with Gasteiger partial charge < -0.3 is 10.7 Å². The van der Waals surface area contributed by atoms with Crippen molar-refractivity contribution in [2.24, 2.45) is 5.73 Å². The lowest BCUT2D eigenvalue weighted by atomic mass is 10.0. The van der Waals surface area contributed by atoms with Crippen molar-refractivity contribution in [2.45, 2.75) is 13.8 Å². The Morgan fingerprint density at radius 3 is 2.75 bits per heavy atom. The fourth-order valence-electron chi connectivity index (χ4n) is 1.61. The second-order valence-electron chi connectivity index (χ2n) is 3.83. The zero-order valence-electron chi connectivity index (χ0n) is 9.24. The lowest BCUT2D eigenvalue weighted by molar-refractivity contribution is 0.0991. The molecule has 0 saturated heterocycles. The lowest BCUT2D eigenvalue weighted by Crippen LogP contribution is -2.12. The maximum absolute atomic E-state index is 10.9. The van der Waals surface area contributed by atoms with Gasteiger partial charge in [-0.2, -0.15) is 0 Å². The van der Waals surface area contributed by atoms with E-state index >= 15 is 0 Å². The van der Waals surface area contributed by atoms with Crippen LogP contribution in [0.5, 0.6) is 0 Å². The predicted octanol–water partition coefficient (Wildman–Crippen LogP) is 1.79. The molecule has 0 radical (unpaired) electrons. The Balaban J connectivity index is 2.50. The Morgan fingerprint density at radius 1 is 1.38 bits per heavy atom. The Hall–Kier alpha value is -2.10. The van der Waals surface area contributed by atoms with E-state index in [0.717, 1.165) is 22.4 Å². The average molecular weight is 215 g/mol. The van der Waals surface area contributed by atoms with Gasteiger partial charge in [0.1, 0.15) is 0 Å². The molecule has 82 valence electrons. The van der Waals surface area contributed by atoms with Crippen molar-refractivity contribution in [3.05, 3.63) is 41.3 Å². The number of aryl methyl sites for hydroxylation is 2. The van der Waals surface area contributed by atoms with Crippen molar-refractivity contribution in [2.75, 3.05) is 0 Å². The van der Waals surface area contributed by atoms with E-state index in [0.29, 0.717) is 0 Å². The van der Waals surface area contributed by atoms with Crippen molar-refractivity contribution in [1.82, 2.24) is 9.97 Å². The second-order valence-corrected chi connectivity index (χ2v) is 3.83. The Morgan fingerprint density at radius 2 is 2.12 bits per heavy atom. The smallest absolute Gasteiger partial charge is 0.284 e. The summed E-state index contributed by atoms with van der Waals surface area (Å²) in [6, 6.07) is 6.13. The number of H-pyrrole nitrogens is 1. The highest BCUT2D eigenvalue weighted by atomic mass is 16.1. The molecule has 0 fully saturated rings. The molecule has 0 saturated carbocycles. The van der Waals surface area contributed by atoms with Crippen LogP contribution in [0.2, 0.25) is 0 Å². The van der Waals surface area contributed by atoms with Crippen LogP contribution in [-0.4, -0.2) is 15.9 Å². The number of carbonyl (C=O) groups is 1. The van der Waals surface area contributed by atoms with Crippen LogP contribution >= 0.6 is 0 Å². The monoisotopic (exact) mass is 215 g/mol. The van der Waals surface area contributed by atoms with Gasteiger partial charge in [-0.3, -0.25) is 4.79 Å². The predicted molar refractivity (Wildman–Crippen MR) is 62.0 cm³/mol. The van der Waals surface area contributed by atoms with E-state index in [9.17, 15) is 4.79 Å². The zero-order valence-corrected chi connectivity index (χ0v) is 9.24. The van der Waals surface area contributed by atoms with Gasteiger partial charge in [0.25, 0.3) is 5.91 Å². The van der Waals surface area contributed by atoms with Crippen LogP contribution in [0, 0.1) is 13.8 Å². The molecular formula is C12H13N3O. The number of rotatable bonds is 2. The van der Waals surface area contributed by atoms with Crippen LogP contribution in [-0.2, 0) is 0 Å². The van der Waals surface area contributed by atoms with Gasteiger partial charge in [-0.05, 0) is 25.5 Å². The molecule has 0 aliphatic carbocycles. The molecule has 0 spiro atoms. The number of hydrogen-bond donors (Lipinski definition) is 2. The molecule has 16 heavy (non-hydrogen) atoms. The van der Waals surface area contributed by atoms with E-state index in [-0.39, 0.29) is 5.82 Å². The minimum Gasteiger partial charge on any atom is -0.363 e. The van der Waals surface area contributed by atoms with Crippen molar-refractivity contribution in [1.29, 1.82) is 0 Å². The fourth-order valence-corrected chi connectivity index (χ4v) is 1.61. The molecule has 0 aliphatic rings. The number of primary amides is 1. The van der Waals surface area contributed by atoms with Crippen LogP contribution < -0.4 is 5.73 Å². The van der Waals surface area contributed by atoms with Gasteiger partial charge in [0.15, 0.2) is 5.82 Å². The molecule has 2 aromatic rings. The Bertz CT molecular complexity index is 543. The van der Waals surface area contributed by atoms with Gasteiger partial charge >= 0.3 is 0 Å². The first-order chi connectivity index (χ1) is 7.58. The number of aromatic nitrogens is 2. The maximum atomic E-state index is 10.9. The van der Waals surface area contributed by atoms with Crippen molar-refractivity contribution in [3.63, 3.8) is 0 Å². The summed E-state index contributed by atoms with van der Waals surface area (Å²) in [6.45, 7) is 4.04. The number of nitrogens with zero attached hydrogens (tertiary/aromatic N) is 1. The molecular weight excluding hydrogens is 202 g/mol. The summed E-state index contributed by atoms with van der Waals surface area (Å²) >= 11 is 0. The molecule has 0 atom stereocenters. The molecule has 1 heterocycles. The summed E-state index contributed by atoms with van der Waals surface area (Å²) in [5.74, 6) is -0.354. The van der Waals surface area contributed by atoms with Gasteiger partial charge in [-0.1, -0.05) is 17.7 Å². The zero-order chi connectivity index (χ0) is 11.7. The number of amides is 1. The molecule has 2 rings (SSSR count). The van der Waals surface area contributed by atoms with Crippen LogP contribution in [0.15, 0.2) is 24.4 Å². The topological polar surface area (TPSA) is 71.8 Å². The second kappa shape index (κ2) is 3.81. The standard InChI is InChI=1S/C12H13N3O/c1-7-3-4-8(2)9(5-7)10-6-14-12(15-10)11(13)16/h3-6H,1-2H3,(H2,13,16)(H,14,15). The van der Waals surface area contributed by atoms with Gasteiger partial charge in [0.2, 0.25) is 0 Å². The van der Waals surface area contributed by atoms with Crippen molar-refractivity contribution < 1.29 is 4.79 Å². The number of hydrogen-bond acceptors (Lipinski definition) is 2. The molecule has 1 amide bonds. The highest BCUT2D eigenvalue weighted by molar-refractivity contribution is 5.89. The van der Waals surface area contributed by atoms with Gasteiger partial charge in [0.05, 0.1) is 11.9 Å². The van der Waals surface area contributed by atoms with E-state index in [2.05, 4.69) is 9.97 Å². The van der Waals surface area contributed by atoms with Crippen LogP contribution in [0.25, 0.3) is 11.3 Å². The summed E-state index contributed by atoms with van der Waals surface area (Å²) in [5.41, 5.74) is 9.29. The van der Waals surface area contributed by atoms with Gasteiger partial charge in [-0.15, -0.1) is 0 Å². The third-order valence-electron chi connectivity index (χ3n) is 2.49. The highest BCUT2D eigenvalue weighted by Crippen LogP contribution is 2.22. The molecule has 0 unspecified atom stereocenters. The molecule has 4 heteroatoms. The average Bonchev–Trinajstić information content (AvgIpc) is 2.70. The first-order valence-electron chi connectivity index (χ1n) is 5.00. The quantitative estimate of drug-likeness (QED) is 0.801. The lowest BCUT2D eigenvalue weighted by Gasteiger charge is -2.04. The first kappa shape index (κ1) is 10.4. The minimum atomic E-state index is -0.545. The molecule has 1 aromatic heterocycles. The molecule has 0 aliphatic heterocycles. The third kappa shape index (κ3) is 1.82. The summed E-state index contributed by atoms with van der Waals surface area (Å²) in [5, 5.41) is 0. The summed E-state index contributed by atoms with van der Waals surface area (Å²) in [4.78, 5) is 17.8. The number of imidazole rings is 1. The first-order valence-corrected chi connectivity index (χ1v) is 5.00. The van der Waals surface area contributed by atoms with Gasteiger partial charge in [0, 0.05) is 5.56 Å². The van der Waals surface area contributed by atoms with E-state index in [4.69, 9.17) is 5.73 Å². The Labute approximate surface area is 93.5 Å². The van der Waals surface area contributed by atoms with E-state index < -0.39 is 5.91 Å². The molecule has 3 N–H and O–H groups in total. The maximum Gasteiger partial charge on any atom is 0.284 e. The number of carbonyl (C=O) groups excluding carboxylic acids is 1. The van der Waals surface area contributed by atoms with Crippen LogP contribution in [0.4, 0.5) is 0 Å². The summed E-state index contributed by atoms with van der Waals surface area (Å²) < 4.78 is 0. The fraction of sp³-hybridized carbons (Fsp3) is 0.167. The highest BCUT2D eigenvalue weighted by Gasteiger charge is 2.09. The largest absolute Gasteiger partial charge is 0.363 e. The number of benzene rings is 1. The van der Waals surface area contributed by atoms with Crippen LogP contribution in [0.1, 0.15) is 21.7 Å². The Kier molecular flexibility index (Phi) is 2.48. The van der Waals surface area contributed by atoms with E-state index in [1.54, 1.807) is 6.20 Å². The van der Waals surface area contributed by atoms with Gasteiger partial charge in [-0.25, -0.2) is 4.98 Å². The molecule has 1 aromatic carbocycles. The van der Waals surface area contributed by atoms with E-state index in [1.165, 1.54) is 0 Å². The third-order valence-corrected chi connectivity index (χ3v) is 2.49. The van der Waals surface area contributed by atoms with Crippen LogP contribution in [0.3, 0.4) is 0 Å². The summed E-state index contributed by atoms with van der Waals surface area (Å²) in [7, 11) is 0. The number of nitrogens with one attached hydrogen (secondary N) is 1. The van der Waals surface area contributed by atoms with Crippen molar-refractivity contribution >= 4 is 5.91 Å². The van der Waals surface area contributed by atoms with Crippen molar-refractivity contribution in [3.8, 4) is 11.3 Å². The number of nitrogens with two attached hydrogens (primary N) is 1. The molecule has 0 bridgehead atoms. The minimum absolute atomic E-state index is 0.191. The summed E-state index contributed by atoms with van der Waals surface area (Å²) in [6.07, 6.45) is 1.63. The number of aromatic amines is 1. The van der Waals surface area contributed by atoms with E-state index in [1.807, 2.05) is 32.0 Å². The molecule has 4 nitrogen and oxygen atoms in total.